The number of hydrogen-bond donors (Lipinski definition) is 1. The van der Waals surface area contributed by atoms with Gasteiger partial charge in [-0.1, -0.05) is 20.8 Å². The zero-order chi connectivity index (χ0) is 12.2. The second kappa shape index (κ2) is 5.21. The fourth-order valence-corrected chi connectivity index (χ4v) is 1.53. The smallest absolute Gasteiger partial charge is 0.122 e. The number of rotatable bonds is 4. The summed E-state index contributed by atoms with van der Waals surface area (Å²) in [5, 5.41) is 8.71. The van der Waals surface area contributed by atoms with Gasteiger partial charge in [0, 0.05) is 5.56 Å². The molecular weight excluding hydrogens is 204 g/mol. The van der Waals surface area contributed by atoms with Crippen molar-refractivity contribution in [2.24, 2.45) is 0 Å². The maximum Gasteiger partial charge on any atom is 0.122 e. The Labute approximate surface area is 97.0 Å². The average Bonchev–Trinajstić information content (AvgIpc) is 2.24. The molecule has 0 bridgehead atoms. The summed E-state index contributed by atoms with van der Waals surface area (Å²) < 4.78 is 10.7. The first kappa shape index (κ1) is 12.8. The lowest BCUT2D eigenvalue weighted by molar-refractivity contribution is 0.201. The quantitative estimate of drug-likeness (QED) is 0.853. The predicted molar refractivity (Wildman–Crippen MR) is 64.3 cm³/mol. The minimum absolute atomic E-state index is 0.00390. The van der Waals surface area contributed by atoms with Crippen LogP contribution in [0.25, 0.3) is 0 Å². The van der Waals surface area contributed by atoms with Gasteiger partial charge in [0.25, 0.3) is 0 Å². The van der Waals surface area contributed by atoms with Crippen LogP contribution in [0.3, 0.4) is 0 Å². The molecule has 0 amide bonds. The molecule has 1 rings (SSSR count). The predicted octanol–water partition coefficient (Wildman–Crippen LogP) is 2.36. The van der Waals surface area contributed by atoms with E-state index in [4.69, 9.17) is 14.6 Å². The van der Waals surface area contributed by atoms with Crippen LogP contribution in [0.2, 0.25) is 0 Å². The van der Waals surface area contributed by atoms with Gasteiger partial charge in [-0.05, 0) is 23.6 Å². The number of benzene rings is 1. The highest BCUT2D eigenvalue weighted by molar-refractivity contribution is 5.44. The second-order valence-corrected chi connectivity index (χ2v) is 4.68. The van der Waals surface area contributed by atoms with Gasteiger partial charge in [0.15, 0.2) is 0 Å². The fourth-order valence-electron chi connectivity index (χ4n) is 1.53. The Kier molecular flexibility index (Phi) is 4.19. The Morgan fingerprint density at radius 3 is 2.44 bits per heavy atom. The molecule has 0 fully saturated rings. The molecular formula is C13H20O3. The van der Waals surface area contributed by atoms with Gasteiger partial charge < -0.3 is 14.6 Å². The first-order valence-electron chi connectivity index (χ1n) is 5.41. The molecule has 1 aromatic carbocycles. The summed E-state index contributed by atoms with van der Waals surface area (Å²) in [6.07, 6.45) is 0. The van der Waals surface area contributed by atoms with Gasteiger partial charge in [0.2, 0.25) is 0 Å². The monoisotopic (exact) mass is 224 g/mol. The van der Waals surface area contributed by atoms with Crippen molar-refractivity contribution in [1.82, 2.24) is 0 Å². The normalized spacial score (nSPS) is 11.3. The first-order valence-corrected chi connectivity index (χ1v) is 5.41. The largest absolute Gasteiger partial charge is 0.496 e. The molecule has 3 nitrogen and oxygen atoms in total. The third-order valence-electron chi connectivity index (χ3n) is 2.34. The van der Waals surface area contributed by atoms with E-state index >= 15 is 0 Å². The topological polar surface area (TPSA) is 38.7 Å². The van der Waals surface area contributed by atoms with Gasteiger partial charge in [0.1, 0.15) is 18.1 Å². The average molecular weight is 224 g/mol. The maximum atomic E-state index is 8.71. The highest BCUT2D eigenvalue weighted by Crippen LogP contribution is 2.34. The summed E-state index contributed by atoms with van der Waals surface area (Å²) in [4.78, 5) is 0. The SMILES string of the molecule is COc1ccc(OCCO)cc1C(C)(C)C. The molecule has 16 heavy (non-hydrogen) atoms. The maximum absolute atomic E-state index is 8.71. The zero-order valence-electron chi connectivity index (χ0n) is 10.4. The van der Waals surface area contributed by atoms with Gasteiger partial charge in [-0.2, -0.15) is 0 Å². The number of methoxy groups -OCH3 is 1. The van der Waals surface area contributed by atoms with E-state index in [2.05, 4.69) is 20.8 Å². The lowest BCUT2D eigenvalue weighted by Gasteiger charge is -2.22. The van der Waals surface area contributed by atoms with Crippen molar-refractivity contribution < 1.29 is 14.6 Å². The number of hydrogen-bond acceptors (Lipinski definition) is 3. The molecule has 0 spiro atoms. The lowest BCUT2D eigenvalue weighted by atomic mass is 9.86. The first-order chi connectivity index (χ1) is 7.49. The molecule has 0 atom stereocenters. The molecule has 1 aromatic rings. The third-order valence-corrected chi connectivity index (χ3v) is 2.34. The van der Waals surface area contributed by atoms with Crippen LogP contribution in [0.4, 0.5) is 0 Å². The van der Waals surface area contributed by atoms with Gasteiger partial charge in [0.05, 0.1) is 13.7 Å². The fraction of sp³-hybridized carbons (Fsp3) is 0.538. The molecule has 0 saturated heterocycles. The van der Waals surface area contributed by atoms with E-state index in [1.165, 1.54) is 0 Å². The van der Waals surface area contributed by atoms with Crippen molar-refractivity contribution in [3.8, 4) is 11.5 Å². The lowest BCUT2D eigenvalue weighted by Crippen LogP contribution is -2.13. The van der Waals surface area contributed by atoms with Crippen LogP contribution in [-0.4, -0.2) is 25.4 Å². The molecule has 0 aromatic heterocycles. The van der Waals surface area contributed by atoms with Gasteiger partial charge >= 0.3 is 0 Å². The Bertz CT molecular complexity index is 340. The summed E-state index contributed by atoms with van der Waals surface area (Å²) in [5.41, 5.74) is 1.11. The van der Waals surface area contributed by atoms with E-state index in [1.807, 2.05) is 18.2 Å². The molecule has 0 unspecified atom stereocenters. The van der Waals surface area contributed by atoms with Crippen LogP contribution < -0.4 is 9.47 Å². The highest BCUT2D eigenvalue weighted by atomic mass is 16.5. The van der Waals surface area contributed by atoms with Crippen LogP contribution in [0.5, 0.6) is 11.5 Å². The molecule has 0 aliphatic heterocycles. The number of ether oxygens (including phenoxy) is 2. The Hall–Kier alpha value is -1.22. The van der Waals surface area contributed by atoms with E-state index in [1.54, 1.807) is 7.11 Å². The third kappa shape index (κ3) is 3.14. The number of aliphatic hydroxyl groups is 1. The minimum Gasteiger partial charge on any atom is -0.496 e. The van der Waals surface area contributed by atoms with Gasteiger partial charge in [-0.25, -0.2) is 0 Å². The van der Waals surface area contributed by atoms with Crippen molar-refractivity contribution >= 4 is 0 Å². The summed E-state index contributed by atoms with van der Waals surface area (Å²) in [6.45, 7) is 6.72. The minimum atomic E-state index is 0.00390. The van der Waals surface area contributed by atoms with Crippen LogP contribution in [0.1, 0.15) is 26.3 Å². The molecule has 0 aliphatic carbocycles. The second-order valence-electron chi connectivity index (χ2n) is 4.68. The van der Waals surface area contributed by atoms with Crippen molar-refractivity contribution in [2.75, 3.05) is 20.3 Å². The molecule has 90 valence electrons. The summed E-state index contributed by atoms with van der Waals surface area (Å²) in [6, 6.07) is 5.71. The molecule has 0 radical (unpaired) electrons. The van der Waals surface area contributed by atoms with E-state index < -0.39 is 0 Å². The molecule has 0 heterocycles. The Morgan fingerprint density at radius 2 is 1.94 bits per heavy atom. The van der Waals surface area contributed by atoms with Crippen LogP contribution in [0, 0.1) is 0 Å². The van der Waals surface area contributed by atoms with Gasteiger partial charge in [-0.3, -0.25) is 0 Å². The molecule has 1 N–H and O–H groups in total. The van der Waals surface area contributed by atoms with E-state index in [-0.39, 0.29) is 12.0 Å². The van der Waals surface area contributed by atoms with Crippen molar-refractivity contribution in [2.45, 2.75) is 26.2 Å². The molecule has 0 saturated carbocycles. The van der Waals surface area contributed by atoms with E-state index in [0.29, 0.717) is 6.61 Å². The van der Waals surface area contributed by atoms with Crippen molar-refractivity contribution in [3.63, 3.8) is 0 Å². The van der Waals surface area contributed by atoms with Gasteiger partial charge in [-0.15, -0.1) is 0 Å². The summed E-state index contributed by atoms with van der Waals surface area (Å²) >= 11 is 0. The summed E-state index contributed by atoms with van der Waals surface area (Å²) in [7, 11) is 1.67. The van der Waals surface area contributed by atoms with E-state index in [9.17, 15) is 0 Å². The van der Waals surface area contributed by atoms with Crippen LogP contribution in [-0.2, 0) is 5.41 Å². The van der Waals surface area contributed by atoms with Crippen molar-refractivity contribution in [3.05, 3.63) is 23.8 Å². The number of aliphatic hydroxyl groups excluding tert-OH is 1. The highest BCUT2D eigenvalue weighted by Gasteiger charge is 2.19. The molecule has 0 aliphatic rings. The Morgan fingerprint density at radius 1 is 1.25 bits per heavy atom. The zero-order valence-corrected chi connectivity index (χ0v) is 10.4. The van der Waals surface area contributed by atoms with Crippen LogP contribution >= 0.6 is 0 Å². The van der Waals surface area contributed by atoms with Crippen molar-refractivity contribution in [1.29, 1.82) is 0 Å². The molecule has 3 heteroatoms. The summed E-state index contributed by atoms with van der Waals surface area (Å²) in [5.74, 6) is 1.63. The Balaban J connectivity index is 3.02. The van der Waals surface area contributed by atoms with Crippen LogP contribution in [0.15, 0.2) is 18.2 Å². The standard InChI is InChI=1S/C13H20O3/c1-13(2,3)11-9-10(16-8-7-14)5-6-12(11)15-4/h5-6,9,14H,7-8H2,1-4H3. The van der Waals surface area contributed by atoms with E-state index in [0.717, 1.165) is 17.1 Å².